The Morgan fingerprint density at radius 2 is 1.64 bits per heavy atom. The first-order chi connectivity index (χ1) is 10.5. The summed E-state index contributed by atoms with van der Waals surface area (Å²) in [5.74, 6) is 1.05. The van der Waals surface area contributed by atoms with E-state index in [9.17, 15) is 4.79 Å². The molecule has 0 aliphatic heterocycles. The normalized spacial score (nSPS) is 10.6. The summed E-state index contributed by atoms with van der Waals surface area (Å²) in [7, 11) is 0. The van der Waals surface area contributed by atoms with Crippen molar-refractivity contribution in [2.45, 2.75) is 33.6 Å². The average Bonchev–Trinajstić information content (AvgIpc) is 2.49. The number of benzene rings is 2. The minimum absolute atomic E-state index is 0.00873. The predicted molar refractivity (Wildman–Crippen MR) is 90.6 cm³/mol. The molecule has 3 heteroatoms. The van der Waals surface area contributed by atoms with E-state index in [0.29, 0.717) is 11.7 Å². The Balaban J connectivity index is 1.93. The molecule has 2 aromatic rings. The van der Waals surface area contributed by atoms with E-state index in [1.807, 2.05) is 56.3 Å². The Hall–Kier alpha value is -2.29. The van der Waals surface area contributed by atoms with Crippen molar-refractivity contribution < 1.29 is 9.53 Å². The van der Waals surface area contributed by atoms with Gasteiger partial charge in [0.2, 0.25) is 0 Å². The van der Waals surface area contributed by atoms with Crippen LogP contribution in [0.15, 0.2) is 42.5 Å². The predicted octanol–water partition coefficient (Wildman–Crippen LogP) is 4.44. The Kier molecular flexibility index (Phi) is 5.21. The molecule has 2 aromatic carbocycles. The van der Waals surface area contributed by atoms with Crippen molar-refractivity contribution in [3.05, 3.63) is 59.2 Å². The highest BCUT2D eigenvalue weighted by molar-refractivity contribution is 5.93. The summed E-state index contributed by atoms with van der Waals surface area (Å²) >= 11 is 0. The molecule has 0 aromatic heterocycles. The number of ether oxygens (including phenoxy) is 1. The van der Waals surface area contributed by atoms with E-state index < -0.39 is 0 Å². The molecule has 116 valence electrons. The molecule has 0 heterocycles. The van der Waals surface area contributed by atoms with Crippen LogP contribution in [0.1, 0.15) is 36.5 Å². The highest BCUT2D eigenvalue weighted by Crippen LogP contribution is 2.20. The zero-order valence-corrected chi connectivity index (χ0v) is 13.6. The molecule has 0 aliphatic rings. The van der Waals surface area contributed by atoms with E-state index in [-0.39, 0.29) is 12.5 Å². The summed E-state index contributed by atoms with van der Waals surface area (Å²) in [5.41, 5.74) is 4.22. The van der Waals surface area contributed by atoms with Crippen molar-refractivity contribution in [1.82, 2.24) is 0 Å². The number of amides is 1. The lowest BCUT2D eigenvalue weighted by molar-refractivity contribution is -0.118. The summed E-state index contributed by atoms with van der Waals surface area (Å²) in [6.07, 6.45) is 0. The van der Waals surface area contributed by atoms with E-state index in [4.69, 9.17) is 4.74 Å². The van der Waals surface area contributed by atoms with Gasteiger partial charge in [-0.05, 0) is 48.6 Å². The second-order valence-electron chi connectivity index (χ2n) is 5.83. The zero-order valence-electron chi connectivity index (χ0n) is 13.6. The number of anilines is 1. The van der Waals surface area contributed by atoms with Crippen LogP contribution in [-0.4, -0.2) is 12.5 Å². The van der Waals surface area contributed by atoms with Crippen LogP contribution in [-0.2, 0) is 4.79 Å². The van der Waals surface area contributed by atoms with Gasteiger partial charge in [0.25, 0.3) is 5.91 Å². The third kappa shape index (κ3) is 4.10. The maximum absolute atomic E-state index is 12.0. The van der Waals surface area contributed by atoms with Gasteiger partial charge in [-0.1, -0.05) is 44.2 Å². The first kappa shape index (κ1) is 16.1. The molecule has 1 N–H and O–H groups in total. The highest BCUT2D eigenvalue weighted by Gasteiger charge is 2.08. The lowest BCUT2D eigenvalue weighted by atomic mass is 10.0. The fourth-order valence-corrected chi connectivity index (χ4v) is 2.28. The zero-order chi connectivity index (χ0) is 16.1. The Morgan fingerprint density at radius 1 is 1.05 bits per heavy atom. The summed E-state index contributed by atoms with van der Waals surface area (Å²) in [6, 6.07) is 13.8. The van der Waals surface area contributed by atoms with Gasteiger partial charge in [0.1, 0.15) is 5.75 Å². The van der Waals surface area contributed by atoms with E-state index in [1.54, 1.807) is 0 Å². The molecule has 0 spiro atoms. The molecule has 0 unspecified atom stereocenters. The molecule has 0 saturated carbocycles. The van der Waals surface area contributed by atoms with Crippen LogP contribution in [0.4, 0.5) is 5.69 Å². The topological polar surface area (TPSA) is 38.3 Å². The molecule has 2 rings (SSSR count). The fraction of sp³-hybridized carbons (Fsp3) is 0.316. The molecule has 3 nitrogen and oxygen atoms in total. The van der Waals surface area contributed by atoms with Crippen LogP contribution in [0.3, 0.4) is 0 Å². The van der Waals surface area contributed by atoms with Gasteiger partial charge in [0, 0.05) is 5.69 Å². The van der Waals surface area contributed by atoms with Gasteiger partial charge in [-0.15, -0.1) is 0 Å². The van der Waals surface area contributed by atoms with E-state index in [1.165, 1.54) is 5.56 Å². The molecular weight excluding hydrogens is 274 g/mol. The second kappa shape index (κ2) is 7.12. The van der Waals surface area contributed by atoms with Crippen LogP contribution in [0.25, 0.3) is 0 Å². The quantitative estimate of drug-likeness (QED) is 0.885. The number of carbonyl (C=O) groups is 1. The highest BCUT2D eigenvalue weighted by atomic mass is 16.5. The number of rotatable bonds is 5. The van der Waals surface area contributed by atoms with Gasteiger partial charge in [0.05, 0.1) is 0 Å². The molecule has 1 amide bonds. The van der Waals surface area contributed by atoms with E-state index in [0.717, 1.165) is 16.8 Å². The number of hydrogen-bond donors (Lipinski definition) is 1. The number of aryl methyl sites for hydroxylation is 2. The SMILES string of the molecule is Cc1cccc(C)c1NC(=O)COc1ccc(C(C)C)cc1. The lowest BCUT2D eigenvalue weighted by Gasteiger charge is -2.12. The van der Waals surface area contributed by atoms with Gasteiger partial charge >= 0.3 is 0 Å². The first-order valence-corrected chi connectivity index (χ1v) is 7.56. The number of carbonyl (C=O) groups excluding carboxylic acids is 1. The fourth-order valence-electron chi connectivity index (χ4n) is 2.28. The smallest absolute Gasteiger partial charge is 0.262 e. The standard InChI is InChI=1S/C19H23NO2/c1-13(2)16-8-10-17(11-9-16)22-12-18(21)20-19-14(3)6-5-7-15(19)4/h5-11,13H,12H2,1-4H3,(H,20,21). The number of para-hydroxylation sites is 1. The summed E-state index contributed by atoms with van der Waals surface area (Å²) in [5, 5.41) is 2.91. The summed E-state index contributed by atoms with van der Waals surface area (Å²) in [6.45, 7) is 8.26. The second-order valence-corrected chi connectivity index (χ2v) is 5.83. The van der Waals surface area contributed by atoms with Gasteiger partial charge in [-0.3, -0.25) is 4.79 Å². The minimum atomic E-state index is -0.148. The van der Waals surface area contributed by atoms with Crippen molar-refractivity contribution in [2.24, 2.45) is 0 Å². The maximum Gasteiger partial charge on any atom is 0.262 e. The van der Waals surface area contributed by atoms with Crippen LogP contribution in [0.5, 0.6) is 5.75 Å². The van der Waals surface area contributed by atoms with Crippen molar-refractivity contribution in [3.8, 4) is 5.75 Å². The first-order valence-electron chi connectivity index (χ1n) is 7.56. The van der Waals surface area contributed by atoms with E-state index in [2.05, 4.69) is 19.2 Å². The minimum Gasteiger partial charge on any atom is -0.484 e. The van der Waals surface area contributed by atoms with Gasteiger partial charge in [-0.25, -0.2) is 0 Å². The molecule has 0 atom stereocenters. The molecule has 0 saturated heterocycles. The Bertz CT molecular complexity index is 625. The van der Waals surface area contributed by atoms with Crippen molar-refractivity contribution >= 4 is 11.6 Å². The van der Waals surface area contributed by atoms with Crippen LogP contribution < -0.4 is 10.1 Å². The number of hydrogen-bond acceptors (Lipinski definition) is 2. The monoisotopic (exact) mass is 297 g/mol. The van der Waals surface area contributed by atoms with E-state index >= 15 is 0 Å². The van der Waals surface area contributed by atoms with Gasteiger partial charge in [-0.2, -0.15) is 0 Å². The van der Waals surface area contributed by atoms with Crippen molar-refractivity contribution in [2.75, 3.05) is 11.9 Å². The molecule has 0 radical (unpaired) electrons. The summed E-state index contributed by atoms with van der Waals surface area (Å²) < 4.78 is 5.54. The number of nitrogens with one attached hydrogen (secondary N) is 1. The molecule has 22 heavy (non-hydrogen) atoms. The van der Waals surface area contributed by atoms with Crippen LogP contribution >= 0.6 is 0 Å². The largest absolute Gasteiger partial charge is 0.484 e. The van der Waals surface area contributed by atoms with Gasteiger partial charge in [0.15, 0.2) is 6.61 Å². The molecule has 0 fully saturated rings. The molecule has 0 bridgehead atoms. The lowest BCUT2D eigenvalue weighted by Crippen LogP contribution is -2.21. The Labute approximate surface area is 132 Å². The third-order valence-electron chi connectivity index (χ3n) is 3.66. The van der Waals surface area contributed by atoms with Crippen LogP contribution in [0.2, 0.25) is 0 Å². The van der Waals surface area contributed by atoms with Crippen LogP contribution in [0, 0.1) is 13.8 Å². The summed E-state index contributed by atoms with van der Waals surface area (Å²) in [4.78, 5) is 12.0. The average molecular weight is 297 g/mol. The third-order valence-corrected chi connectivity index (χ3v) is 3.66. The Morgan fingerprint density at radius 3 is 2.18 bits per heavy atom. The molecular formula is C19H23NO2. The van der Waals surface area contributed by atoms with Gasteiger partial charge < -0.3 is 10.1 Å². The van der Waals surface area contributed by atoms with Crippen molar-refractivity contribution in [3.63, 3.8) is 0 Å². The molecule has 0 aliphatic carbocycles. The maximum atomic E-state index is 12.0. The van der Waals surface area contributed by atoms with Crippen molar-refractivity contribution in [1.29, 1.82) is 0 Å².